The number of halogens is 1. The summed E-state index contributed by atoms with van der Waals surface area (Å²) in [5.41, 5.74) is 1.34. The molecule has 1 saturated heterocycles. The van der Waals surface area contributed by atoms with Gasteiger partial charge in [0.1, 0.15) is 0 Å². The van der Waals surface area contributed by atoms with Crippen molar-refractivity contribution in [2.75, 3.05) is 19.6 Å². The molecule has 0 atom stereocenters. The Hall–Kier alpha value is -0.530. The van der Waals surface area contributed by atoms with Crippen molar-refractivity contribution in [3.8, 4) is 0 Å². The Labute approximate surface area is 97.0 Å². The minimum Gasteiger partial charge on any atom is -0.304 e. The molecule has 0 N–H and O–H groups in total. The predicted octanol–water partition coefficient (Wildman–Crippen LogP) is 3.54. The molecule has 0 amide bonds. The van der Waals surface area contributed by atoms with E-state index in [1.807, 2.05) is 12.1 Å². The van der Waals surface area contributed by atoms with Gasteiger partial charge >= 0.3 is 0 Å². The molecular weight excluding hydrogens is 206 g/mol. The molecule has 0 saturated carbocycles. The fourth-order valence-corrected chi connectivity index (χ4v) is 2.66. The Balaban J connectivity index is 2.04. The average molecular weight is 224 g/mol. The van der Waals surface area contributed by atoms with Gasteiger partial charge in [-0.3, -0.25) is 0 Å². The zero-order valence-electron chi connectivity index (χ0n) is 9.25. The summed E-state index contributed by atoms with van der Waals surface area (Å²) in [4.78, 5) is 2.51. The summed E-state index contributed by atoms with van der Waals surface area (Å²) < 4.78 is 0. The second-order valence-electron chi connectivity index (χ2n) is 4.23. The van der Waals surface area contributed by atoms with Crippen LogP contribution in [0.1, 0.15) is 31.2 Å². The van der Waals surface area contributed by atoms with E-state index in [0.717, 1.165) is 5.02 Å². The SMILES string of the molecule is CCN1CCC(c2ccccc2Cl)CC1. The van der Waals surface area contributed by atoms with Crippen LogP contribution in [-0.4, -0.2) is 24.5 Å². The summed E-state index contributed by atoms with van der Waals surface area (Å²) >= 11 is 6.21. The van der Waals surface area contributed by atoms with Crippen molar-refractivity contribution in [1.29, 1.82) is 0 Å². The third kappa shape index (κ3) is 2.53. The second kappa shape index (κ2) is 5.00. The monoisotopic (exact) mass is 223 g/mol. The number of hydrogen-bond donors (Lipinski definition) is 0. The van der Waals surface area contributed by atoms with E-state index < -0.39 is 0 Å². The lowest BCUT2D eigenvalue weighted by atomic mass is 9.89. The maximum absolute atomic E-state index is 6.21. The molecule has 82 valence electrons. The van der Waals surface area contributed by atoms with Gasteiger partial charge in [0.05, 0.1) is 0 Å². The summed E-state index contributed by atoms with van der Waals surface area (Å²) in [7, 11) is 0. The molecule has 0 aliphatic carbocycles. The molecule has 1 fully saturated rings. The average Bonchev–Trinajstić information content (AvgIpc) is 2.30. The molecule has 0 spiro atoms. The highest BCUT2D eigenvalue weighted by Crippen LogP contribution is 2.32. The first-order chi connectivity index (χ1) is 7.31. The van der Waals surface area contributed by atoms with Crippen molar-refractivity contribution in [2.24, 2.45) is 0 Å². The van der Waals surface area contributed by atoms with Gasteiger partial charge in [0.2, 0.25) is 0 Å². The molecule has 1 aliphatic heterocycles. The van der Waals surface area contributed by atoms with Crippen LogP contribution < -0.4 is 0 Å². The van der Waals surface area contributed by atoms with E-state index in [-0.39, 0.29) is 0 Å². The lowest BCUT2D eigenvalue weighted by Gasteiger charge is -2.31. The lowest BCUT2D eigenvalue weighted by Crippen LogP contribution is -2.32. The standard InChI is InChI=1S/C13H18ClN/c1-2-15-9-7-11(8-10-15)12-5-3-4-6-13(12)14/h3-6,11H,2,7-10H2,1H3. The highest BCUT2D eigenvalue weighted by Gasteiger charge is 2.20. The summed E-state index contributed by atoms with van der Waals surface area (Å²) in [5, 5.41) is 0.937. The molecule has 0 bridgehead atoms. The molecular formula is C13H18ClN. The Kier molecular flexibility index (Phi) is 3.66. The van der Waals surface area contributed by atoms with Crippen molar-refractivity contribution in [1.82, 2.24) is 4.90 Å². The Morgan fingerprint density at radius 1 is 1.27 bits per heavy atom. The van der Waals surface area contributed by atoms with Gasteiger partial charge in [0.25, 0.3) is 0 Å². The van der Waals surface area contributed by atoms with E-state index >= 15 is 0 Å². The van der Waals surface area contributed by atoms with Crippen LogP contribution in [0.5, 0.6) is 0 Å². The molecule has 0 aromatic heterocycles. The van der Waals surface area contributed by atoms with Crippen LogP contribution in [0.25, 0.3) is 0 Å². The van der Waals surface area contributed by atoms with Gasteiger partial charge in [0, 0.05) is 5.02 Å². The van der Waals surface area contributed by atoms with Crippen molar-refractivity contribution in [3.63, 3.8) is 0 Å². The highest BCUT2D eigenvalue weighted by molar-refractivity contribution is 6.31. The number of piperidine rings is 1. The zero-order chi connectivity index (χ0) is 10.7. The maximum atomic E-state index is 6.21. The molecule has 1 aromatic rings. The zero-order valence-corrected chi connectivity index (χ0v) is 10.0. The van der Waals surface area contributed by atoms with Crippen LogP contribution in [-0.2, 0) is 0 Å². The van der Waals surface area contributed by atoms with Crippen LogP contribution in [0.15, 0.2) is 24.3 Å². The summed E-state index contributed by atoms with van der Waals surface area (Å²) in [6.45, 7) is 5.84. The lowest BCUT2D eigenvalue weighted by molar-refractivity contribution is 0.222. The van der Waals surface area contributed by atoms with Crippen LogP contribution in [0.4, 0.5) is 0 Å². The maximum Gasteiger partial charge on any atom is 0.0440 e. The van der Waals surface area contributed by atoms with E-state index in [9.17, 15) is 0 Å². The van der Waals surface area contributed by atoms with E-state index in [0.29, 0.717) is 5.92 Å². The number of hydrogen-bond acceptors (Lipinski definition) is 1. The van der Waals surface area contributed by atoms with Crippen LogP contribution in [0, 0.1) is 0 Å². The summed E-state index contributed by atoms with van der Waals surface area (Å²) in [6.07, 6.45) is 2.50. The molecule has 1 nitrogen and oxygen atoms in total. The van der Waals surface area contributed by atoms with Crippen LogP contribution in [0.3, 0.4) is 0 Å². The Morgan fingerprint density at radius 3 is 2.53 bits per heavy atom. The predicted molar refractivity (Wildman–Crippen MR) is 65.5 cm³/mol. The van der Waals surface area contributed by atoms with Crippen LogP contribution >= 0.6 is 11.6 Å². The van der Waals surface area contributed by atoms with E-state index in [1.165, 1.54) is 38.0 Å². The van der Waals surface area contributed by atoms with Crippen molar-refractivity contribution in [3.05, 3.63) is 34.9 Å². The van der Waals surface area contributed by atoms with Crippen molar-refractivity contribution >= 4 is 11.6 Å². The van der Waals surface area contributed by atoms with Gasteiger partial charge in [-0.1, -0.05) is 36.7 Å². The van der Waals surface area contributed by atoms with Crippen molar-refractivity contribution in [2.45, 2.75) is 25.7 Å². The summed E-state index contributed by atoms with van der Waals surface area (Å²) in [6, 6.07) is 8.28. The molecule has 1 aromatic carbocycles. The van der Waals surface area contributed by atoms with Gasteiger partial charge in [-0.15, -0.1) is 0 Å². The molecule has 15 heavy (non-hydrogen) atoms. The molecule has 0 unspecified atom stereocenters. The molecule has 0 radical (unpaired) electrons. The summed E-state index contributed by atoms with van der Waals surface area (Å²) in [5.74, 6) is 0.668. The van der Waals surface area contributed by atoms with Gasteiger partial charge in [-0.25, -0.2) is 0 Å². The van der Waals surface area contributed by atoms with E-state index in [4.69, 9.17) is 11.6 Å². The van der Waals surface area contributed by atoms with E-state index in [2.05, 4.69) is 24.0 Å². The highest BCUT2D eigenvalue weighted by atomic mass is 35.5. The molecule has 1 heterocycles. The number of nitrogens with zero attached hydrogens (tertiary/aromatic N) is 1. The third-order valence-corrected chi connectivity index (χ3v) is 3.72. The number of benzene rings is 1. The van der Waals surface area contributed by atoms with Gasteiger partial charge in [-0.2, -0.15) is 0 Å². The van der Waals surface area contributed by atoms with Crippen LogP contribution in [0.2, 0.25) is 5.02 Å². The molecule has 2 rings (SSSR count). The fourth-order valence-electron chi connectivity index (χ4n) is 2.37. The largest absolute Gasteiger partial charge is 0.304 e. The number of rotatable bonds is 2. The quantitative estimate of drug-likeness (QED) is 0.742. The Morgan fingerprint density at radius 2 is 1.93 bits per heavy atom. The topological polar surface area (TPSA) is 3.24 Å². The fraction of sp³-hybridized carbons (Fsp3) is 0.538. The van der Waals surface area contributed by atoms with Gasteiger partial charge in [0.15, 0.2) is 0 Å². The first-order valence-corrected chi connectivity index (χ1v) is 6.16. The van der Waals surface area contributed by atoms with Crippen molar-refractivity contribution < 1.29 is 0 Å². The van der Waals surface area contributed by atoms with Gasteiger partial charge in [-0.05, 0) is 50.0 Å². The first kappa shape index (κ1) is 11.0. The van der Waals surface area contributed by atoms with E-state index in [1.54, 1.807) is 0 Å². The minimum absolute atomic E-state index is 0.668. The molecule has 2 heteroatoms. The smallest absolute Gasteiger partial charge is 0.0440 e. The number of likely N-dealkylation sites (tertiary alicyclic amines) is 1. The Bertz CT molecular complexity index is 316. The minimum atomic E-state index is 0.668. The third-order valence-electron chi connectivity index (χ3n) is 3.38. The molecule has 1 aliphatic rings. The first-order valence-electron chi connectivity index (χ1n) is 5.78. The second-order valence-corrected chi connectivity index (χ2v) is 4.64. The van der Waals surface area contributed by atoms with Gasteiger partial charge < -0.3 is 4.90 Å². The normalized spacial score (nSPS) is 19.3.